The lowest BCUT2D eigenvalue weighted by molar-refractivity contribution is 0.664. The molecule has 8 aromatic heterocycles. The molecule has 8 heterocycles. The summed E-state index contributed by atoms with van der Waals surface area (Å²) >= 11 is 6.17. The van der Waals surface area contributed by atoms with E-state index in [1.165, 1.54) is 54.8 Å². The van der Waals surface area contributed by atoms with E-state index < -0.39 is 0 Å². The summed E-state index contributed by atoms with van der Waals surface area (Å²) in [5, 5.41) is 13.7. The highest BCUT2D eigenvalue weighted by molar-refractivity contribution is 6.31. The van der Waals surface area contributed by atoms with Crippen LogP contribution in [0.4, 0.5) is 0 Å². The van der Waals surface area contributed by atoms with E-state index in [0.29, 0.717) is 40.0 Å². The van der Waals surface area contributed by atoms with Gasteiger partial charge in [-0.3, -0.25) is 0 Å². The summed E-state index contributed by atoms with van der Waals surface area (Å²) < 4.78 is 28.0. The number of rotatable bonds is 9. The SMILES string of the molecule is Clc1ccc2c(c1)oc1cc3c(cc12)oc1cc(-c2nc(-c4ccccc4)nc(-c4ccccc4)n2)ccc13.c1ccc(-c2ccc3c(c2)[nH]c2ccccc23)cc1.c1ccc(-c2ccc3c4ccccc4n(-c4ccc5c(c4)oc4cc6c(cc45)oc4cc(-c5nc(-c7ccccc7)nc(-c7ccccc7)n5)ccc46)c3c2)cc1. The number of hydrogen-bond acceptors (Lipinski definition) is 10. The van der Waals surface area contributed by atoms with Crippen molar-refractivity contribution < 1.29 is 17.7 Å². The Morgan fingerprint density at radius 3 is 0.974 bits per heavy atom. The van der Waals surface area contributed by atoms with Crippen molar-refractivity contribution in [1.29, 1.82) is 0 Å². The first-order chi connectivity index (χ1) is 56.8. The number of aromatic amines is 1. The molecule has 0 saturated carbocycles. The minimum absolute atomic E-state index is 0.583. The summed E-state index contributed by atoms with van der Waals surface area (Å²) in [5.41, 5.74) is 22.3. The fraction of sp³-hybridized carbons (Fsp3) is 0. The molecular weight excluding hydrogens is 1440 g/mol. The van der Waals surface area contributed by atoms with E-state index in [1.54, 1.807) is 0 Å². The van der Waals surface area contributed by atoms with Crippen LogP contribution >= 0.6 is 11.6 Å². The van der Waals surface area contributed by atoms with Gasteiger partial charge in [0.05, 0.1) is 11.0 Å². The fourth-order valence-electron chi connectivity index (χ4n) is 16.1. The van der Waals surface area contributed by atoms with Gasteiger partial charge in [-0.05, 0) is 119 Å². The Kier molecular flexibility index (Phi) is 16.0. The summed E-state index contributed by atoms with van der Waals surface area (Å²) in [6.45, 7) is 0. The second kappa shape index (κ2) is 27.6. The molecule has 540 valence electrons. The number of nitrogens with zero attached hydrogens (tertiary/aromatic N) is 7. The maximum absolute atomic E-state index is 6.66. The summed E-state index contributed by atoms with van der Waals surface area (Å²) in [5.74, 6) is 3.65. The van der Waals surface area contributed by atoms with Crippen LogP contribution in [0.15, 0.2) is 382 Å². The molecule has 0 amide bonds. The van der Waals surface area contributed by atoms with Crippen molar-refractivity contribution >= 4 is 143 Å². The molecule has 0 unspecified atom stereocenters. The van der Waals surface area contributed by atoms with Crippen molar-refractivity contribution in [3.8, 4) is 96.3 Å². The van der Waals surface area contributed by atoms with E-state index in [2.05, 4.69) is 198 Å². The van der Waals surface area contributed by atoms with E-state index in [4.69, 9.17) is 59.2 Å². The molecule has 13 heteroatoms. The molecule has 24 aromatic rings. The van der Waals surface area contributed by atoms with Gasteiger partial charge in [0.2, 0.25) is 0 Å². The van der Waals surface area contributed by atoms with Crippen LogP contribution in [0, 0.1) is 0 Å². The summed E-state index contributed by atoms with van der Waals surface area (Å²) in [7, 11) is 0. The average molecular weight is 1500 g/mol. The number of furan rings is 4. The monoisotopic (exact) mass is 1500 g/mol. The molecule has 0 spiro atoms. The van der Waals surface area contributed by atoms with Crippen LogP contribution in [0.1, 0.15) is 0 Å². The van der Waals surface area contributed by atoms with E-state index in [0.717, 1.165) is 138 Å². The number of halogens is 1. The van der Waals surface area contributed by atoms with Gasteiger partial charge in [0.1, 0.15) is 44.7 Å². The summed E-state index contributed by atoms with van der Waals surface area (Å²) in [4.78, 5) is 32.7. The quantitative estimate of drug-likeness (QED) is 0.148. The third-order valence-corrected chi connectivity index (χ3v) is 21.9. The number of nitrogens with one attached hydrogen (secondary N) is 1. The van der Waals surface area contributed by atoms with Gasteiger partial charge < -0.3 is 27.2 Å². The van der Waals surface area contributed by atoms with Crippen LogP contribution in [0.3, 0.4) is 0 Å². The highest BCUT2D eigenvalue weighted by Gasteiger charge is 2.22. The van der Waals surface area contributed by atoms with Crippen molar-refractivity contribution in [1.82, 2.24) is 39.5 Å². The zero-order chi connectivity index (χ0) is 76.0. The van der Waals surface area contributed by atoms with Crippen LogP contribution in [-0.2, 0) is 0 Å². The Morgan fingerprint density at radius 1 is 0.200 bits per heavy atom. The maximum Gasteiger partial charge on any atom is 0.164 e. The topological polar surface area (TPSA) is 151 Å². The van der Waals surface area contributed by atoms with Gasteiger partial charge in [-0.2, -0.15) is 0 Å². The highest BCUT2D eigenvalue weighted by atomic mass is 35.5. The molecule has 0 radical (unpaired) electrons. The number of benzene rings is 16. The predicted octanol–water partition coefficient (Wildman–Crippen LogP) is 27.7. The summed E-state index contributed by atoms with van der Waals surface area (Å²) in [6, 6.07) is 124. The first-order valence-electron chi connectivity index (χ1n) is 38.0. The summed E-state index contributed by atoms with van der Waals surface area (Å²) in [6.07, 6.45) is 0. The first kappa shape index (κ1) is 66.6. The lowest BCUT2D eigenvalue weighted by Crippen LogP contribution is -2.00. The Labute approximate surface area is 661 Å². The van der Waals surface area contributed by atoms with Crippen LogP contribution in [0.2, 0.25) is 5.02 Å². The molecule has 115 heavy (non-hydrogen) atoms. The third kappa shape index (κ3) is 12.0. The van der Waals surface area contributed by atoms with Crippen LogP contribution < -0.4 is 0 Å². The predicted molar refractivity (Wildman–Crippen MR) is 467 cm³/mol. The van der Waals surface area contributed by atoms with E-state index in [9.17, 15) is 0 Å². The van der Waals surface area contributed by atoms with Crippen LogP contribution in [0.25, 0.3) is 228 Å². The largest absolute Gasteiger partial charge is 0.456 e. The molecule has 24 rings (SSSR count). The maximum atomic E-state index is 6.66. The number of fused-ring (bicyclic) bond motifs is 18. The Balaban J connectivity index is 0.000000119. The van der Waals surface area contributed by atoms with Gasteiger partial charge in [0.15, 0.2) is 34.9 Å². The number of hydrogen-bond donors (Lipinski definition) is 1. The van der Waals surface area contributed by atoms with E-state index in [1.807, 2.05) is 176 Å². The zero-order valence-corrected chi connectivity index (χ0v) is 62.0. The molecule has 0 atom stereocenters. The lowest BCUT2D eigenvalue weighted by Gasteiger charge is -2.09. The zero-order valence-electron chi connectivity index (χ0n) is 61.3. The number of H-pyrrole nitrogens is 1. The normalized spacial score (nSPS) is 11.7. The molecule has 0 fully saturated rings. The van der Waals surface area contributed by atoms with E-state index in [-0.39, 0.29) is 0 Å². The lowest BCUT2D eigenvalue weighted by atomic mass is 10.0. The van der Waals surface area contributed by atoms with Gasteiger partial charge in [-0.25, -0.2) is 29.9 Å². The van der Waals surface area contributed by atoms with Crippen molar-refractivity contribution in [3.63, 3.8) is 0 Å². The number of aromatic nitrogens is 8. The van der Waals surface area contributed by atoms with Crippen molar-refractivity contribution in [2.75, 3.05) is 0 Å². The van der Waals surface area contributed by atoms with Gasteiger partial charge in [0, 0.05) is 132 Å². The van der Waals surface area contributed by atoms with Crippen molar-refractivity contribution in [2.24, 2.45) is 0 Å². The Hall–Kier alpha value is -15.4. The van der Waals surface area contributed by atoms with E-state index >= 15 is 0 Å². The molecule has 1 N–H and O–H groups in total. The van der Waals surface area contributed by atoms with Crippen molar-refractivity contribution in [2.45, 2.75) is 0 Å². The van der Waals surface area contributed by atoms with Gasteiger partial charge in [-0.15, -0.1) is 0 Å². The van der Waals surface area contributed by atoms with Gasteiger partial charge in [-0.1, -0.05) is 266 Å². The Bertz CT molecular complexity index is 7800. The molecule has 16 aromatic carbocycles. The molecule has 0 aliphatic rings. The highest BCUT2D eigenvalue weighted by Crippen LogP contribution is 2.43. The molecular formula is C102H61ClN8O4. The second-order valence-corrected chi connectivity index (χ2v) is 29.1. The van der Waals surface area contributed by atoms with Gasteiger partial charge >= 0.3 is 0 Å². The second-order valence-electron chi connectivity index (χ2n) is 28.7. The third-order valence-electron chi connectivity index (χ3n) is 21.6. The average Bonchev–Trinajstić information content (AvgIpc) is 1.59. The Morgan fingerprint density at radius 2 is 0.513 bits per heavy atom. The van der Waals surface area contributed by atoms with Gasteiger partial charge in [0.25, 0.3) is 0 Å². The van der Waals surface area contributed by atoms with Crippen molar-refractivity contribution in [3.05, 3.63) is 369 Å². The van der Waals surface area contributed by atoms with Crippen LogP contribution in [-0.4, -0.2) is 39.5 Å². The molecule has 0 aliphatic heterocycles. The molecule has 0 bridgehead atoms. The minimum atomic E-state index is 0.583. The fourth-order valence-corrected chi connectivity index (χ4v) is 16.2. The molecule has 0 saturated heterocycles. The molecule has 12 nitrogen and oxygen atoms in total. The molecule has 0 aliphatic carbocycles. The number of para-hydroxylation sites is 2. The van der Waals surface area contributed by atoms with Crippen LogP contribution in [0.5, 0.6) is 0 Å². The minimum Gasteiger partial charge on any atom is -0.456 e. The smallest absolute Gasteiger partial charge is 0.164 e. The first-order valence-corrected chi connectivity index (χ1v) is 38.4. The standard InChI is InChI=1S/C51H30N4O2.C33H18ClN3O2.C18H13N/c1-4-12-31(13-5-1)34-20-23-38-37-18-10-11-19-43(37)55(44(38)26-34)36-22-25-40-42-30-47-41(29-48(42)57-46(40)28-36)39-24-21-35(27-45(39)56-47)51-53-49(32-14-6-2-7-15-32)52-50(54-51)33-16-8-3-9-17-33;34-22-12-14-24-26-18-29-25(17-30(26)39-28(24)16-22)23-13-11-21(15-27(23)38-29)33-36-31(19-7-3-1-4-8-19)35-32(37-33)20-9-5-2-6-10-20;1-2-6-13(7-3-1)14-10-11-16-15-8-4-5-9-17(15)19-18(16)12-14/h1-30H;1-18H;1-12,19H.